The summed E-state index contributed by atoms with van der Waals surface area (Å²) >= 11 is 0. The van der Waals surface area contributed by atoms with Crippen LogP contribution in [0, 0.1) is 0 Å². The molecule has 2 rings (SSSR count). The summed E-state index contributed by atoms with van der Waals surface area (Å²) in [5, 5.41) is 6.29. The van der Waals surface area contributed by atoms with Crippen LogP contribution in [-0.2, 0) is 11.3 Å². The van der Waals surface area contributed by atoms with Crippen molar-refractivity contribution in [2.75, 3.05) is 18.0 Å². The van der Waals surface area contributed by atoms with Crippen LogP contribution in [0.4, 0.5) is 5.95 Å². The van der Waals surface area contributed by atoms with Gasteiger partial charge in [-0.15, -0.1) is 0 Å². The minimum atomic E-state index is -0.169. The number of aromatic nitrogens is 2. The van der Waals surface area contributed by atoms with E-state index in [9.17, 15) is 4.79 Å². The first-order chi connectivity index (χ1) is 9.90. The largest absolute Gasteiger partial charge is 0.353 e. The molecule has 6 nitrogen and oxygen atoms in total. The van der Waals surface area contributed by atoms with Crippen LogP contribution in [0.1, 0.15) is 39.7 Å². The van der Waals surface area contributed by atoms with Crippen molar-refractivity contribution < 1.29 is 4.79 Å². The lowest BCUT2D eigenvalue weighted by molar-refractivity contribution is -0.123. The first-order valence-electron chi connectivity index (χ1n) is 7.51. The number of piperazine rings is 1. The van der Waals surface area contributed by atoms with Crippen molar-refractivity contribution in [3.63, 3.8) is 0 Å². The maximum Gasteiger partial charge on any atom is 0.242 e. The van der Waals surface area contributed by atoms with Gasteiger partial charge in [-0.2, -0.15) is 0 Å². The van der Waals surface area contributed by atoms with Crippen molar-refractivity contribution in [3.8, 4) is 0 Å². The molecule has 0 radical (unpaired) electrons. The van der Waals surface area contributed by atoms with E-state index in [4.69, 9.17) is 0 Å². The van der Waals surface area contributed by atoms with Gasteiger partial charge in [0.25, 0.3) is 0 Å². The van der Waals surface area contributed by atoms with Gasteiger partial charge in [0.15, 0.2) is 0 Å². The van der Waals surface area contributed by atoms with Crippen molar-refractivity contribution in [3.05, 3.63) is 18.0 Å². The molecule has 1 aliphatic heterocycles. The lowest BCUT2D eigenvalue weighted by Gasteiger charge is -2.34. The minimum Gasteiger partial charge on any atom is -0.353 e. The molecular weight excluding hydrogens is 266 g/mol. The Hall–Kier alpha value is -1.69. The van der Waals surface area contributed by atoms with Crippen LogP contribution >= 0.6 is 0 Å². The third-order valence-electron chi connectivity index (χ3n) is 3.49. The molecule has 0 aromatic carbocycles. The van der Waals surface area contributed by atoms with Crippen molar-refractivity contribution in [2.45, 2.75) is 52.2 Å². The highest BCUT2D eigenvalue weighted by molar-refractivity contribution is 5.85. The Morgan fingerprint density at radius 2 is 2.05 bits per heavy atom. The number of carbonyl (C=O) groups is 1. The zero-order valence-corrected chi connectivity index (χ0v) is 13.3. The van der Waals surface area contributed by atoms with E-state index in [1.54, 1.807) is 0 Å². The zero-order chi connectivity index (χ0) is 15.5. The SMILES string of the molecule is CCC1C(=O)NCCN1c1ncc(CNC(C)(C)C)cn1. The summed E-state index contributed by atoms with van der Waals surface area (Å²) in [5.74, 6) is 0.696. The van der Waals surface area contributed by atoms with Gasteiger partial charge in [0.2, 0.25) is 11.9 Å². The fourth-order valence-electron chi connectivity index (χ4n) is 2.31. The molecular formula is C15H25N5O. The molecule has 0 saturated carbocycles. The maximum absolute atomic E-state index is 11.9. The molecule has 1 aromatic rings. The predicted octanol–water partition coefficient (Wildman–Crippen LogP) is 1.08. The standard InChI is InChI=1S/C15H25N5O/c1-5-12-13(21)16-6-7-20(12)14-17-8-11(9-18-14)10-19-15(2,3)4/h8-9,12,19H,5-7,10H2,1-4H3,(H,16,21). The Kier molecular flexibility index (Phi) is 4.77. The third kappa shape index (κ3) is 4.14. The molecule has 1 aliphatic rings. The van der Waals surface area contributed by atoms with E-state index < -0.39 is 0 Å². The predicted molar refractivity (Wildman–Crippen MR) is 83.1 cm³/mol. The molecule has 2 N–H and O–H groups in total. The summed E-state index contributed by atoms with van der Waals surface area (Å²) in [6.07, 6.45) is 4.42. The number of nitrogens with zero attached hydrogens (tertiary/aromatic N) is 3. The smallest absolute Gasteiger partial charge is 0.242 e. The van der Waals surface area contributed by atoms with Crippen molar-refractivity contribution in [1.29, 1.82) is 0 Å². The first-order valence-corrected chi connectivity index (χ1v) is 7.51. The fraction of sp³-hybridized carbons (Fsp3) is 0.667. The van der Waals surface area contributed by atoms with Gasteiger partial charge in [-0.3, -0.25) is 4.79 Å². The Balaban J connectivity index is 2.05. The van der Waals surface area contributed by atoms with Gasteiger partial charge in [0.05, 0.1) is 0 Å². The molecule has 116 valence electrons. The maximum atomic E-state index is 11.9. The average Bonchev–Trinajstić information content (AvgIpc) is 2.44. The van der Waals surface area contributed by atoms with Crippen LogP contribution in [0.5, 0.6) is 0 Å². The van der Waals surface area contributed by atoms with E-state index in [1.807, 2.05) is 24.2 Å². The summed E-state index contributed by atoms with van der Waals surface area (Å²) in [7, 11) is 0. The lowest BCUT2D eigenvalue weighted by atomic mass is 10.1. The molecule has 21 heavy (non-hydrogen) atoms. The van der Waals surface area contributed by atoms with E-state index in [2.05, 4.69) is 41.4 Å². The van der Waals surface area contributed by atoms with Crippen LogP contribution in [0.2, 0.25) is 0 Å². The first kappa shape index (κ1) is 15.7. The zero-order valence-electron chi connectivity index (χ0n) is 13.3. The minimum absolute atomic E-state index is 0.0609. The summed E-state index contributed by atoms with van der Waals surface area (Å²) in [5.41, 5.74) is 1.11. The average molecular weight is 291 g/mol. The van der Waals surface area contributed by atoms with Crippen LogP contribution in [0.3, 0.4) is 0 Å². The second kappa shape index (κ2) is 6.39. The van der Waals surface area contributed by atoms with E-state index in [-0.39, 0.29) is 17.5 Å². The highest BCUT2D eigenvalue weighted by atomic mass is 16.2. The molecule has 0 aliphatic carbocycles. The molecule has 1 atom stereocenters. The highest BCUT2D eigenvalue weighted by Gasteiger charge is 2.29. The molecule has 1 fully saturated rings. The van der Waals surface area contributed by atoms with Crippen LogP contribution in [-0.4, -0.2) is 40.5 Å². The molecule has 6 heteroatoms. The summed E-state index contributed by atoms with van der Waals surface area (Å²) in [4.78, 5) is 22.7. The van der Waals surface area contributed by atoms with E-state index >= 15 is 0 Å². The van der Waals surface area contributed by atoms with Crippen LogP contribution < -0.4 is 15.5 Å². The molecule has 1 unspecified atom stereocenters. The van der Waals surface area contributed by atoms with Gasteiger partial charge >= 0.3 is 0 Å². The Labute approximate surface area is 126 Å². The number of anilines is 1. The van der Waals surface area contributed by atoms with Crippen molar-refractivity contribution >= 4 is 11.9 Å². The highest BCUT2D eigenvalue weighted by Crippen LogP contribution is 2.16. The van der Waals surface area contributed by atoms with Crippen LogP contribution in [0.25, 0.3) is 0 Å². The Bertz CT molecular complexity index is 480. The van der Waals surface area contributed by atoms with E-state index in [0.29, 0.717) is 12.5 Å². The molecule has 1 amide bonds. The summed E-state index contributed by atoms with van der Waals surface area (Å²) in [6, 6.07) is -0.169. The summed E-state index contributed by atoms with van der Waals surface area (Å²) in [6.45, 7) is 10.5. The fourth-order valence-corrected chi connectivity index (χ4v) is 2.31. The monoisotopic (exact) mass is 291 g/mol. The molecule has 1 aromatic heterocycles. The number of nitrogens with one attached hydrogen (secondary N) is 2. The van der Waals surface area contributed by atoms with Crippen molar-refractivity contribution in [1.82, 2.24) is 20.6 Å². The third-order valence-corrected chi connectivity index (χ3v) is 3.49. The van der Waals surface area contributed by atoms with E-state index in [1.165, 1.54) is 0 Å². The van der Waals surface area contributed by atoms with Crippen molar-refractivity contribution in [2.24, 2.45) is 0 Å². The number of hydrogen-bond donors (Lipinski definition) is 2. The molecule has 0 bridgehead atoms. The quantitative estimate of drug-likeness (QED) is 0.868. The lowest BCUT2D eigenvalue weighted by Crippen LogP contribution is -2.55. The van der Waals surface area contributed by atoms with Gasteiger partial charge in [-0.05, 0) is 27.2 Å². The number of hydrogen-bond acceptors (Lipinski definition) is 5. The topological polar surface area (TPSA) is 70.2 Å². The van der Waals surface area contributed by atoms with E-state index in [0.717, 1.165) is 25.1 Å². The van der Waals surface area contributed by atoms with Gasteiger partial charge in [0.1, 0.15) is 6.04 Å². The van der Waals surface area contributed by atoms with Gasteiger partial charge in [-0.1, -0.05) is 6.92 Å². The van der Waals surface area contributed by atoms with Gasteiger partial charge in [-0.25, -0.2) is 9.97 Å². The molecule has 2 heterocycles. The normalized spacial score (nSPS) is 19.5. The number of carbonyl (C=O) groups excluding carboxylic acids is 1. The Morgan fingerprint density at radius 1 is 1.38 bits per heavy atom. The molecule has 1 saturated heterocycles. The number of amides is 1. The van der Waals surface area contributed by atoms with Gasteiger partial charge in [0, 0.05) is 43.1 Å². The number of rotatable bonds is 4. The molecule has 0 spiro atoms. The second-order valence-electron chi connectivity index (χ2n) is 6.40. The second-order valence-corrected chi connectivity index (χ2v) is 6.40. The summed E-state index contributed by atoms with van der Waals surface area (Å²) < 4.78 is 0. The van der Waals surface area contributed by atoms with Gasteiger partial charge < -0.3 is 15.5 Å². The van der Waals surface area contributed by atoms with Crippen LogP contribution in [0.15, 0.2) is 12.4 Å². The Morgan fingerprint density at radius 3 is 2.62 bits per heavy atom.